The number of nitrogen functional groups attached to an aromatic ring is 1. The Kier molecular flexibility index (Phi) is 4.42. The van der Waals surface area contributed by atoms with E-state index in [0.717, 1.165) is 36.3 Å². The van der Waals surface area contributed by atoms with Crippen LogP contribution in [0.2, 0.25) is 0 Å². The fraction of sp³-hybridized carbons (Fsp3) is 0.538. The van der Waals surface area contributed by atoms with Gasteiger partial charge in [0.25, 0.3) is 0 Å². The van der Waals surface area contributed by atoms with Gasteiger partial charge in [0.15, 0.2) is 0 Å². The van der Waals surface area contributed by atoms with Gasteiger partial charge in [-0.25, -0.2) is 0 Å². The van der Waals surface area contributed by atoms with E-state index in [4.69, 9.17) is 10.5 Å². The largest absolute Gasteiger partial charge is 0.399 e. The number of nitrogens with two attached hydrogens (primary N) is 1. The highest BCUT2D eigenvalue weighted by atomic mass is 79.9. The van der Waals surface area contributed by atoms with E-state index in [-0.39, 0.29) is 0 Å². The summed E-state index contributed by atoms with van der Waals surface area (Å²) in [6, 6.07) is 6.51. The van der Waals surface area contributed by atoms with Crippen molar-refractivity contribution in [1.82, 2.24) is 5.32 Å². The molecule has 2 atom stereocenters. The number of hydrogen-bond acceptors (Lipinski definition) is 3. The Hall–Kier alpha value is -0.580. The molecule has 0 bridgehead atoms. The zero-order valence-corrected chi connectivity index (χ0v) is 11.7. The summed E-state index contributed by atoms with van der Waals surface area (Å²) >= 11 is 3.46. The van der Waals surface area contributed by atoms with Gasteiger partial charge in [-0.05, 0) is 43.0 Å². The second-order valence-corrected chi connectivity index (χ2v) is 5.60. The highest BCUT2D eigenvalue weighted by molar-refractivity contribution is 9.10. The monoisotopic (exact) mass is 298 g/mol. The first kappa shape index (κ1) is 12.9. The molecular formula is C13H19BrN2O. The Bertz CT molecular complexity index is 357. The van der Waals surface area contributed by atoms with Crippen molar-refractivity contribution in [2.24, 2.45) is 5.92 Å². The summed E-state index contributed by atoms with van der Waals surface area (Å²) in [4.78, 5) is 0. The third-order valence-corrected chi connectivity index (χ3v) is 3.74. The molecule has 0 radical (unpaired) electrons. The minimum Gasteiger partial charge on any atom is -0.399 e. The van der Waals surface area contributed by atoms with Crippen LogP contribution in [0.4, 0.5) is 5.69 Å². The van der Waals surface area contributed by atoms with Gasteiger partial charge in [-0.15, -0.1) is 0 Å². The zero-order chi connectivity index (χ0) is 12.3. The van der Waals surface area contributed by atoms with Gasteiger partial charge in [0.1, 0.15) is 0 Å². The summed E-state index contributed by atoms with van der Waals surface area (Å²) in [5.74, 6) is 0.638. The lowest BCUT2D eigenvalue weighted by Crippen LogP contribution is -2.33. The molecule has 2 unspecified atom stereocenters. The predicted octanol–water partition coefficient (Wildman–Crippen LogP) is 2.55. The second-order valence-electron chi connectivity index (χ2n) is 4.69. The summed E-state index contributed by atoms with van der Waals surface area (Å²) < 4.78 is 6.43. The third kappa shape index (κ3) is 3.69. The number of hydrogen-bond donors (Lipinski definition) is 2. The molecule has 17 heavy (non-hydrogen) atoms. The number of halogens is 1. The molecule has 0 aromatic heterocycles. The Morgan fingerprint density at radius 3 is 3.00 bits per heavy atom. The number of anilines is 1. The molecule has 1 fully saturated rings. The van der Waals surface area contributed by atoms with Crippen LogP contribution in [0.3, 0.4) is 0 Å². The quantitative estimate of drug-likeness (QED) is 0.840. The van der Waals surface area contributed by atoms with Gasteiger partial charge in [0, 0.05) is 29.4 Å². The molecule has 94 valence electrons. The van der Waals surface area contributed by atoms with Crippen molar-refractivity contribution in [3.8, 4) is 0 Å². The van der Waals surface area contributed by atoms with Crippen molar-refractivity contribution in [2.75, 3.05) is 18.9 Å². The Morgan fingerprint density at radius 1 is 1.53 bits per heavy atom. The molecule has 1 heterocycles. The molecule has 3 N–H and O–H groups in total. The molecule has 0 aliphatic carbocycles. The van der Waals surface area contributed by atoms with Crippen LogP contribution in [0, 0.1) is 5.92 Å². The van der Waals surface area contributed by atoms with Gasteiger partial charge >= 0.3 is 0 Å². The van der Waals surface area contributed by atoms with Crippen molar-refractivity contribution in [3.05, 3.63) is 28.2 Å². The second kappa shape index (κ2) is 5.85. The van der Waals surface area contributed by atoms with E-state index in [0.29, 0.717) is 12.0 Å². The molecule has 0 spiro atoms. The first-order valence-electron chi connectivity index (χ1n) is 6.01. The minimum atomic E-state index is 0.484. The molecule has 3 nitrogen and oxygen atoms in total. The molecule has 2 rings (SSSR count). The maximum atomic E-state index is 5.81. The molecule has 1 aromatic rings. The summed E-state index contributed by atoms with van der Waals surface area (Å²) in [6.45, 7) is 4.86. The maximum absolute atomic E-state index is 5.81. The molecular weight excluding hydrogens is 280 g/mol. The van der Waals surface area contributed by atoms with Crippen LogP contribution in [0.1, 0.15) is 18.9 Å². The van der Waals surface area contributed by atoms with Crippen LogP contribution in [0.5, 0.6) is 0 Å². The zero-order valence-electron chi connectivity index (χ0n) is 10.1. The average molecular weight is 299 g/mol. The molecule has 0 amide bonds. The van der Waals surface area contributed by atoms with Crippen LogP contribution in [0.15, 0.2) is 22.7 Å². The van der Waals surface area contributed by atoms with E-state index in [1.807, 2.05) is 12.1 Å². The molecule has 1 aliphatic rings. The van der Waals surface area contributed by atoms with Crippen molar-refractivity contribution in [3.63, 3.8) is 0 Å². The molecule has 1 aromatic carbocycles. The minimum absolute atomic E-state index is 0.484. The van der Waals surface area contributed by atoms with Crippen molar-refractivity contribution < 1.29 is 4.74 Å². The lowest BCUT2D eigenvalue weighted by Gasteiger charge is -2.19. The normalized spacial score (nSPS) is 21.6. The van der Waals surface area contributed by atoms with Gasteiger partial charge in [-0.3, -0.25) is 0 Å². The molecule has 4 heteroatoms. The van der Waals surface area contributed by atoms with E-state index < -0.39 is 0 Å². The highest BCUT2D eigenvalue weighted by Crippen LogP contribution is 2.19. The smallest absolute Gasteiger partial charge is 0.0509 e. The highest BCUT2D eigenvalue weighted by Gasteiger charge is 2.21. The van der Waals surface area contributed by atoms with Gasteiger partial charge in [-0.2, -0.15) is 0 Å². The predicted molar refractivity (Wildman–Crippen MR) is 73.8 cm³/mol. The summed E-state index contributed by atoms with van der Waals surface area (Å²) in [5, 5.41) is 3.54. The number of rotatable bonds is 4. The summed E-state index contributed by atoms with van der Waals surface area (Å²) in [7, 11) is 0. The van der Waals surface area contributed by atoms with E-state index >= 15 is 0 Å². The first-order valence-corrected chi connectivity index (χ1v) is 6.80. The van der Waals surface area contributed by atoms with Crippen LogP contribution in [-0.2, 0) is 11.3 Å². The van der Waals surface area contributed by atoms with Crippen LogP contribution >= 0.6 is 15.9 Å². The lowest BCUT2D eigenvalue weighted by molar-refractivity contribution is 0.178. The topological polar surface area (TPSA) is 47.3 Å². The van der Waals surface area contributed by atoms with Gasteiger partial charge in [0.05, 0.1) is 6.61 Å². The van der Waals surface area contributed by atoms with E-state index in [9.17, 15) is 0 Å². The van der Waals surface area contributed by atoms with Crippen LogP contribution in [0.25, 0.3) is 0 Å². The molecule has 0 saturated carbocycles. The maximum Gasteiger partial charge on any atom is 0.0509 e. The SMILES string of the molecule is CC(NCc1cc(N)cc(Br)c1)C1CCOC1. The summed E-state index contributed by atoms with van der Waals surface area (Å²) in [6.07, 6.45) is 1.16. The van der Waals surface area contributed by atoms with Gasteiger partial charge in [-0.1, -0.05) is 15.9 Å². The average Bonchev–Trinajstić information content (AvgIpc) is 2.78. The Morgan fingerprint density at radius 2 is 2.35 bits per heavy atom. The Labute approximate surface area is 111 Å². The number of ether oxygens (including phenoxy) is 1. The number of nitrogens with one attached hydrogen (secondary N) is 1. The van der Waals surface area contributed by atoms with E-state index in [1.165, 1.54) is 5.56 Å². The summed E-state index contributed by atoms with van der Waals surface area (Å²) in [5.41, 5.74) is 7.82. The van der Waals surface area contributed by atoms with Crippen molar-refractivity contribution in [1.29, 1.82) is 0 Å². The third-order valence-electron chi connectivity index (χ3n) is 3.28. The van der Waals surface area contributed by atoms with Gasteiger partial charge in [0.2, 0.25) is 0 Å². The first-order chi connectivity index (χ1) is 8.15. The van der Waals surface area contributed by atoms with E-state index in [2.05, 4.69) is 34.2 Å². The fourth-order valence-electron chi connectivity index (χ4n) is 2.17. The molecule has 1 aliphatic heterocycles. The Balaban J connectivity index is 1.88. The van der Waals surface area contributed by atoms with E-state index in [1.54, 1.807) is 0 Å². The lowest BCUT2D eigenvalue weighted by atomic mass is 10.0. The number of benzene rings is 1. The van der Waals surface area contributed by atoms with Crippen molar-refractivity contribution >= 4 is 21.6 Å². The standard InChI is InChI=1S/C13H19BrN2O/c1-9(11-2-3-17-8-11)16-7-10-4-12(14)6-13(15)5-10/h4-6,9,11,16H,2-3,7-8,15H2,1H3. The molecule has 1 saturated heterocycles. The fourth-order valence-corrected chi connectivity index (χ4v) is 2.73. The van der Waals surface area contributed by atoms with Crippen molar-refractivity contribution in [2.45, 2.75) is 25.9 Å². The van der Waals surface area contributed by atoms with Crippen LogP contribution in [-0.4, -0.2) is 19.3 Å². The van der Waals surface area contributed by atoms with Gasteiger partial charge < -0.3 is 15.8 Å². The van der Waals surface area contributed by atoms with Crippen LogP contribution < -0.4 is 11.1 Å².